The molecule has 5 heteroatoms. The number of hydrogen-bond acceptors (Lipinski definition) is 2. The summed E-state index contributed by atoms with van der Waals surface area (Å²) in [5.74, 6) is 1.25. The molecule has 0 bridgehead atoms. The Kier molecular flexibility index (Phi) is 1.65. The van der Waals surface area contributed by atoms with Crippen molar-refractivity contribution >= 4 is 16.6 Å². The predicted octanol–water partition coefficient (Wildman–Crippen LogP) is 1.54. The average Bonchev–Trinajstić information content (AvgIpc) is 3.10. The Balaban J connectivity index is 1.98. The number of nitrogens with zero attached hydrogens (tertiary/aromatic N) is 5. The monoisotopic (exact) mass is 262 g/mol. The molecule has 5 rings (SSSR count). The molecule has 20 heavy (non-hydrogen) atoms. The van der Waals surface area contributed by atoms with Crippen LogP contribution >= 0.6 is 0 Å². The molecule has 5 heterocycles. The topological polar surface area (TPSA) is 39.0 Å². The zero-order valence-corrected chi connectivity index (χ0v) is 11.0. The van der Waals surface area contributed by atoms with Gasteiger partial charge in [0.2, 0.25) is 5.52 Å². The summed E-state index contributed by atoms with van der Waals surface area (Å²) in [5, 5.41) is 4.38. The van der Waals surface area contributed by atoms with Gasteiger partial charge in [-0.25, -0.2) is 13.6 Å². The van der Waals surface area contributed by atoms with Crippen LogP contribution in [0.15, 0.2) is 43.0 Å². The zero-order valence-electron chi connectivity index (χ0n) is 11.0. The molecule has 0 amide bonds. The predicted molar refractivity (Wildman–Crippen MR) is 74.2 cm³/mol. The van der Waals surface area contributed by atoms with Crippen molar-refractivity contribution in [3.05, 3.63) is 48.5 Å². The minimum Gasteiger partial charge on any atom is -0.264 e. The first-order chi connectivity index (χ1) is 9.84. The van der Waals surface area contributed by atoms with Gasteiger partial charge in [0.25, 0.3) is 5.82 Å². The Morgan fingerprint density at radius 1 is 1.20 bits per heavy atom. The van der Waals surface area contributed by atoms with E-state index in [1.165, 1.54) is 28.0 Å². The molecular formula is C15H12N5+. The summed E-state index contributed by atoms with van der Waals surface area (Å²) in [6, 6.07) is 6.19. The lowest BCUT2D eigenvalue weighted by atomic mass is 10.2. The van der Waals surface area contributed by atoms with E-state index in [0.717, 1.165) is 12.1 Å². The first kappa shape index (κ1) is 10.1. The standard InChI is InChI=1S/C15H12N5/c1-18-14-12-3-2-5-17-20(12)9-13(14)19-8-10-7-16-6-4-11(10)15(18)19/h2-7,9H,8H2,1H3/q+1. The second-order valence-corrected chi connectivity index (χ2v) is 5.22. The quantitative estimate of drug-likeness (QED) is 0.397. The normalized spacial score (nSPS) is 13.1. The van der Waals surface area contributed by atoms with Crippen LogP contribution in [0, 0.1) is 0 Å². The molecule has 0 aliphatic carbocycles. The van der Waals surface area contributed by atoms with Crippen molar-refractivity contribution in [1.82, 2.24) is 19.2 Å². The molecule has 4 aromatic rings. The number of pyridine rings is 1. The fourth-order valence-corrected chi connectivity index (χ4v) is 3.35. The Morgan fingerprint density at radius 2 is 2.15 bits per heavy atom. The van der Waals surface area contributed by atoms with Crippen LogP contribution in [0.3, 0.4) is 0 Å². The van der Waals surface area contributed by atoms with E-state index in [0.29, 0.717) is 0 Å². The van der Waals surface area contributed by atoms with E-state index in [-0.39, 0.29) is 0 Å². The number of aryl methyl sites for hydroxylation is 1. The number of imidazole rings is 1. The van der Waals surface area contributed by atoms with E-state index in [9.17, 15) is 0 Å². The molecule has 0 aromatic carbocycles. The smallest absolute Gasteiger partial charge is 0.264 e. The highest BCUT2D eigenvalue weighted by Crippen LogP contribution is 2.33. The van der Waals surface area contributed by atoms with Gasteiger partial charge in [-0.05, 0) is 18.2 Å². The summed E-state index contributed by atoms with van der Waals surface area (Å²) in [4.78, 5) is 4.23. The van der Waals surface area contributed by atoms with Gasteiger partial charge < -0.3 is 0 Å². The van der Waals surface area contributed by atoms with Gasteiger partial charge in [-0.1, -0.05) is 0 Å². The Hall–Kier alpha value is -2.69. The lowest BCUT2D eigenvalue weighted by Crippen LogP contribution is -2.29. The van der Waals surface area contributed by atoms with Gasteiger partial charge in [-0.15, -0.1) is 0 Å². The highest BCUT2D eigenvalue weighted by Gasteiger charge is 2.34. The van der Waals surface area contributed by atoms with Gasteiger partial charge in [0, 0.05) is 24.2 Å². The van der Waals surface area contributed by atoms with E-state index < -0.39 is 0 Å². The number of fused-ring (bicyclic) bond motifs is 7. The molecule has 0 radical (unpaired) electrons. The molecule has 4 aromatic heterocycles. The molecule has 0 spiro atoms. The van der Waals surface area contributed by atoms with Crippen LogP contribution in [-0.2, 0) is 13.6 Å². The number of hydrogen-bond donors (Lipinski definition) is 0. The fourth-order valence-electron chi connectivity index (χ4n) is 3.35. The van der Waals surface area contributed by atoms with Gasteiger partial charge in [-0.2, -0.15) is 5.10 Å². The zero-order chi connectivity index (χ0) is 13.3. The minimum absolute atomic E-state index is 0.882. The van der Waals surface area contributed by atoms with E-state index in [2.05, 4.69) is 44.6 Å². The van der Waals surface area contributed by atoms with Crippen molar-refractivity contribution in [1.29, 1.82) is 0 Å². The highest BCUT2D eigenvalue weighted by molar-refractivity contribution is 5.91. The van der Waals surface area contributed by atoms with Gasteiger partial charge >= 0.3 is 0 Å². The van der Waals surface area contributed by atoms with E-state index in [1.54, 1.807) is 0 Å². The molecule has 0 N–H and O–H groups in total. The van der Waals surface area contributed by atoms with Gasteiger partial charge in [-0.3, -0.25) is 4.98 Å². The molecule has 1 aliphatic heterocycles. The molecule has 5 nitrogen and oxygen atoms in total. The summed E-state index contributed by atoms with van der Waals surface area (Å²) in [6.07, 6.45) is 7.74. The van der Waals surface area contributed by atoms with Crippen molar-refractivity contribution < 1.29 is 4.57 Å². The van der Waals surface area contributed by atoms with Crippen molar-refractivity contribution in [2.24, 2.45) is 7.05 Å². The Bertz CT molecular complexity index is 992. The van der Waals surface area contributed by atoms with Crippen molar-refractivity contribution in [2.45, 2.75) is 6.54 Å². The average molecular weight is 262 g/mol. The third-order valence-electron chi connectivity index (χ3n) is 4.18. The third kappa shape index (κ3) is 1.02. The summed E-state index contributed by atoms with van der Waals surface area (Å²) in [7, 11) is 2.12. The maximum absolute atomic E-state index is 4.38. The minimum atomic E-state index is 0.882. The first-order valence-electron chi connectivity index (χ1n) is 6.62. The highest BCUT2D eigenvalue weighted by atomic mass is 15.3. The van der Waals surface area contributed by atoms with Crippen molar-refractivity contribution in [3.8, 4) is 11.4 Å². The summed E-state index contributed by atoms with van der Waals surface area (Å²) in [5.41, 5.74) is 6.15. The number of rotatable bonds is 0. The van der Waals surface area contributed by atoms with E-state index >= 15 is 0 Å². The molecule has 0 fully saturated rings. The molecule has 96 valence electrons. The second-order valence-electron chi connectivity index (χ2n) is 5.22. The molecule has 1 aliphatic rings. The SMILES string of the molecule is C[n+]1c2n(c3cn4ncccc4c31)Cc1cnccc1-2. The van der Waals surface area contributed by atoms with Gasteiger partial charge in [0.05, 0.1) is 18.8 Å². The number of aromatic nitrogens is 5. The maximum Gasteiger partial charge on any atom is 0.290 e. The van der Waals surface area contributed by atoms with Gasteiger partial charge in [0.1, 0.15) is 12.1 Å². The van der Waals surface area contributed by atoms with Crippen molar-refractivity contribution in [2.75, 3.05) is 0 Å². The summed E-state index contributed by atoms with van der Waals surface area (Å²) in [6.45, 7) is 0.882. The summed E-state index contributed by atoms with van der Waals surface area (Å²) >= 11 is 0. The lowest BCUT2D eigenvalue weighted by Gasteiger charge is -1.95. The third-order valence-corrected chi connectivity index (χ3v) is 4.18. The maximum atomic E-state index is 4.38. The molecular weight excluding hydrogens is 250 g/mol. The van der Waals surface area contributed by atoms with Gasteiger partial charge in [0.15, 0.2) is 5.52 Å². The van der Waals surface area contributed by atoms with E-state index in [1.807, 2.05) is 29.2 Å². The van der Waals surface area contributed by atoms with Crippen LogP contribution in [-0.4, -0.2) is 19.2 Å². The lowest BCUT2D eigenvalue weighted by molar-refractivity contribution is -0.633. The van der Waals surface area contributed by atoms with Crippen LogP contribution < -0.4 is 4.57 Å². The summed E-state index contributed by atoms with van der Waals surface area (Å²) < 4.78 is 6.55. The second kappa shape index (κ2) is 3.25. The van der Waals surface area contributed by atoms with Crippen LogP contribution in [0.4, 0.5) is 0 Å². The molecule has 0 saturated heterocycles. The Labute approximate surface area is 114 Å². The first-order valence-corrected chi connectivity index (χ1v) is 6.62. The van der Waals surface area contributed by atoms with Crippen LogP contribution in [0.5, 0.6) is 0 Å². The van der Waals surface area contributed by atoms with E-state index in [4.69, 9.17) is 0 Å². The Morgan fingerprint density at radius 3 is 3.10 bits per heavy atom. The van der Waals surface area contributed by atoms with Crippen LogP contribution in [0.1, 0.15) is 5.56 Å². The van der Waals surface area contributed by atoms with Crippen LogP contribution in [0.2, 0.25) is 0 Å². The van der Waals surface area contributed by atoms with Crippen molar-refractivity contribution in [3.63, 3.8) is 0 Å². The van der Waals surface area contributed by atoms with Crippen LogP contribution in [0.25, 0.3) is 27.9 Å². The molecule has 0 atom stereocenters. The molecule has 0 saturated carbocycles. The molecule has 0 unspecified atom stereocenters. The largest absolute Gasteiger partial charge is 0.290 e. The fraction of sp³-hybridized carbons (Fsp3) is 0.133.